The summed E-state index contributed by atoms with van der Waals surface area (Å²) in [6.07, 6.45) is 0. The summed E-state index contributed by atoms with van der Waals surface area (Å²) < 4.78 is 11.1. The van der Waals surface area contributed by atoms with Crippen molar-refractivity contribution in [2.45, 2.75) is 6.61 Å². The van der Waals surface area contributed by atoms with Crippen LogP contribution >= 0.6 is 11.3 Å². The van der Waals surface area contributed by atoms with Crippen molar-refractivity contribution in [2.75, 3.05) is 7.11 Å². The Labute approximate surface area is 138 Å². The number of rotatable bonds is 5. The Hall–Kier alpha value is -2.84. The third-order valence-electron chi connectivity index (χ3n) is 3.27. The Morgan fingerprint density at radius 1 is 1.09 bits per heavy atom. The van der Waals surface area contributed by atoms with Crippen LogP contribution in [0.3, 0.4) is 0 Å². The molecular weight excluding hydrogens is 308 g/mol. The third-order valence-corrected chi connectivity index (χ3v) is 4.20. The standard InChI is InChI=1S/C18H14N2O2S/c1-21-17-9-5-3-7-15(17)18-20-14(12-23-18)11-22-16-8-4-2-6-13(16)10-19/h2-9,12H,11H2,1H3. The number of aromatic nitrogens is 1. The number of hydrogen-bond donors (Lipinski definition) is 0. The second kappa shape index (κ2) is 6.95. The summed E-state index contributed by atoms with van der Waals surface area (Å²) in [5.74, 6) is 1.37. The predicted molar refractivity (Wildman–Crippen MR) is 89.6 cm³/mol. The number of methoxy groups -OCH3 is 1. The first-order chi connectivity index (χ1) is 11.3. The molecule has 0 unspecified atom stereocenters. The molecule has 5 heteroatoms. The molecule has 0 radical (unpaired) electrons. The lowest BCUT2D eigenvalue weighted by molar-refractivity contribution is 0.301. The van der Waals surface area contributed by atoms with E-state index in [1.165, 1.54) is 0 Å². The van der Waals surface area contributed by atoms with Crippen LogP contribution in [0.4, 0.5) is 0 Å². The molecule has 0 fully saturated rings. The Bertz CT molecular complexity index is 852. The first-order valence-electron chi connectivity index (χ1n) is 7.01. The van der Waals surface area contributed by atoms with Gasteiger partial charge in [0, 0.05) is 5.38 Å². The van der Waals surface area contributed by atoms with Crippen molar-refractivity contribution in [1.82, 2.24) is 4.98 Å². The Morgan fingerprint density at radius 2 is 1.83 bits per heavy atom. The summed E-state index contributed by atoms with van der Waals surface area (Å²) in [5, 5.41) is 11.9. The number of nitriles is 1. The summed E-state index contributed by atoms with van der Waals surface area (Å²) in [6.45, 7) is 0.324. The molecule has 114 valence electrons. The molecule has 0 spiro atoms. The van der Waals surface area contributed by atoms with Gasteiger partial charge >= 0.3 is 0 Å². The van der Waals surface area contributed by atoms with E-state index in [1.54, 1.807) is 30.6 Å². The molecule has 0 aliphatic carbocycles. The van der Waals surface area contributed by atoms with Gasteiger partial charge in [0.25, 0.3) is 0 Å². The topological polar surface area (TPSA) is 55.1 Å². The van der Waals surface area contributed by atoms with Crippen molar-refractivity contribution in [2.24, 2.45) is 0 Å². The fourth-order valence-electron chi connectivity index (χ4n) is 2.15. The third kappa shape index (κ3) is 3.33. The monoisotopic (exact) mass is 322 g/mol. The Morgan fingerprint density at radius 3 is 2.61 bits per heavy atom. The van der Waals surface area contributed by atoms with Crippen molar-refractivity contribution >= 4 is 11.3 Å². The number of ether oxygens (including phenoxy) is 2. The van der Waals surface area contributed by atoms with Gasteiger partial charge in [-0.25, -0.2) is 4.98 Å². The van der Waals surface area contributed by atoms with Crippen LogP contribution in [0.15, 0.2) is 53.9 Å². The fraction of sp³-hybridized carbons (Fsp3) is 0.111. The number of thiazole rings is 1. The Balaban J connectivity index is 1.77. The van der Waals surface area contributed by atoms with Crippen molar-refractivity contribution < 1.29 is 9.47 Å². The highest BCUT2D eigenvalue weighted by molar-refractivity contribution is 7.13. The van der Waals surface area contributed by atoms with E-state index in [-0.39, 0.29) is 0 Å². The molecule has 0 atom stereocenters. The van der Waals surface area contributed by atoms with Crippen LogP contribution in [0.25, 0.3) is 10.6 Å². The Kier molecular flexibility index (Phi) is 4.55. The van der Waals surface area contributed by atoms with E-state index in [0.717, 1.165) is 22.0 Å². The molecule has 1 heterocycles. The van der Waals surface area contributed by atoms with Crippen LogP contribution in [-0.4, -0.2) is 12.1 Å². The number of benzene rings is 2. The molecule has 4 nitrogen and oxygen atoms in total. The van der Waals surface area contributed by atoms with Gasteiger partial charge in [-0.15, -0.1) is 11.3 Å². The van der Waals surface area contributed by atoms with Crippen molar-refractivity contribution in [3.63, 3.8) is 0 Å². The maximum absolute atomic E-state index is 9.07. The van der Waals surface area contributed by atoms with Gasteiger partial charge in [0.05, 0.1) is 23.9 Å². The number of para-hydroxylation sites is 2. The van der Waals surface area contributed by atoms with Crippen LogP contribution in [0.5, 0.6) is 11.5 Å². The van der Waals surface area contributed by atoms with Crippen LogP contribution < -0.4 is 9.47 Å². The van der Waals surface area contributed by atoms with Crippen LogP contribution in [0.1, 0.15) is 11.3 Å². The van der Waals surface area contributed by atoms with E-state index >= 15 is 0 Å². The van der Waals surface area contributed by atoms with Gasteiger partial charge in [-0.3, -0.25) is 0 Å². The van der Waals surface area contributed by atoms with E-state index in [9.17, 15) is 0 Å². The summed E-state index contributed by atoms with van der Waals surface area (Å²) in [5.41, 5.74) is 2.31. The number of nitrogens with zero attached hydrogens (tertiary/aromatic N) is 2. The van der Waals surface area contributed by atoms with Crippen molar-refractivity contribution in [1.29, 1.82) is 5.26 Å². The predicted octanol–water partition coefficient (Wildman–Crippen LogP) is 4.27. The van der Waals surface area contributed by atoms with Gasteiger partial charge in [0.2, 0.25) is 0 Å². The van der Waals surface area contributed by atoms with Crippen molar-refractivity contribution in [3.8, 4) is 28.1 Å². The molecule has 0 aliphatic rings. The molecule has 23 heavy (non-hydrogen) atoms. The average molecular weight is 322 g/mol. The SMILES string of the molecule is COc1ccccc1-c1nc(COc2ccccc2C#N)cs1. The zero-order valence-corrected chi connectivity index (χ0v) is 13.3. The fourth-order valence-corrected chi connectivity index (χ4v) is 2.99. The lowest BCUT2D eigenvalue weighted by Crippen LogP contribution is -1.97. The first-order valence-corrected chi connectivity index (χ1v) is 7.89. The molecule has 3 rings (SSSR count). The highest BCUT2D eigenvalue weighted by atomic mass is 32.1. The quantitative estimate of drug-likeness (QED) is 0.704. The average Bonchev–Trinajstić information content (AvgIpc) is 3.09. The highest BCUT2D eigenvalue weighted by Gasteiger charge is 2.10. The van der Waals surface area contributed by atoms with E-state index < -0.39 is 0 Å². The van der Waals surface area contributed by atoms with Crippen LogP contribution in [-0.2, 0) is 6.61 Å². The molecule has 2 aromatic carbocycles. The largest absolute Gasteiger partial charge is 0.496 e. The summed E-state index contributed by atoms with van der Waals surface area (Å²) in [4.78, 5) is 4.59. The smallest absolute Gasteiger partial charge is 0.137 e. The minimum atomic E-state index is 0.324. The minimum Gasteiger partial charge on any atom is -0.496 e. The molecular formula is C18H14N2O2S. The zero-order valence-electron chi connectivity index (χ0n) is 12.5. The second-order valence-electron chi connectivity index (χ2n) is 4.74. The molecule has 0 saturated heterocycles. The first kappa shape index (κ1) is 15.1. The lowest BCUT2D eigenvalue weighted by atomic mass is 10.2. The molecule has 0 aliphatic heterocycles. The maximum Gasteiger partial charge on any atom is 0.137 e. The summed E-state index contributed by atoms with van der Waals surface area (Å²) >= 11 is 1.54. The molecule has 0 N–H and O–H groups in total. The molecule has 3 aromatic rings. The normalized spacial score (nSPS) is 10.1. The van der Waals surface area contributed by atoms with E-state index in [0.29, 0.717) is 17.9 Å². The summed E-state index contributed by atoms with van der Waals surface area (Å²) in [6, 6.07) is 17.1. The van der Waals surface area contributed by atoms with E-state index in [2.05, 4.69) is 11.1 Å². The molecule has 0 amide bonds. The number of hydrogen-bond acceptors (Lipinski definition) is 5. The van der Waals surface area contributed by atoms with E-state index in [4.69, 9.17) is 14.7 Å². The second-order valence-corrected chi connectivity index (χ2v) is 5.60. The van der Waals surface area contributed by atoms with Gasteiger partial charge in [-0.1, -0.05) is 24.3 Å². The van der Waals surface area contributed by atoms with Crippen molar-refractivity contribution in [3.05, 3.63) is 65.2 Å². The van der Waals surface area contributed by atoms with Crippen LogP contribution in [0, 0.1) is 11.3 Å². The minimum absolute atomic E-state index is 0.324. The van der Waals surface area contributed by atoms with Gasteiger partial charge in [-0.2, -0.15) is 5.26 Å². The van der Waals surface area contributed by atoms with Crippen LogP contribution in [0.2, 0.25) is 0 Å². The van der Waals surface area contributed by atoms with E-state index in [1.807, 2.05) is 41.8 Å². The highest BCUT2D eigenvalue weighted by Crippen LogP contribution is 2.32. The zero-order chi connectivity index (χ0) is 16.1. The molecule has 1 aromatic heterocycles. The molecule has 0 saturated carbocycles. The molecule has 0 bridgehead atoms. The maximum atomic E-state index is 9.07. The van der Waals surface area contributed by atoms with Gasteiger partial charge in [0.1, 0.15) is 29.2 Å². The van der Waals surface area contributed by atoms with Gasteiger partial charge < -0.3 is 9.47 Å². The lowest BCUT2D eigenvalue weighted by Gasteiger charge is -2.06. The van der Waals surface area contributed by atoms with Gasteiger partial charge in [0.15, 0.2) is 0 Å². The van der Waals surface area contributed by atoms with Gasteiger partial charge in [-0.05, 0) is 24.3 Å². The summed E-state index contributed by atoms with van der Waals surface area (Å²) in [7, 11) is 1.65.